The third-order valence-electron chi connectivity index (χ3n) is 23.3. The second kappa shape index (κ2) is 29.6. The highest BCUT2D eigenvalue weighted by Crippen LogP contribution is 2.70. The Morgan fingerprint density at radius 3 is 1.35 bits per heavy atom. The maximum atomic E-state index is 12.0. The van der Waals surface area contributed by atoms with Gasteiger partial charge in [0.2, 0.25) is 0 Å². The molecule has 530 valence electrons. The van der Waals surface area contributed by atoms with Crippen LogP contribution in [0, 0.1) is 130 Å². The summed E-state index contributed by atoms with van der Waals surface area (Å²) in [6.07, 6.45) is 26.4. The van der Waals surface area contributed by atoms with Crippen molar-refractivity contribution in [1.29, 1.82) is 0 Å². The number of hydrogen-bond acceptors (Lipinski definition) is 20. The summed E-state index contributed by atoms with van der Waals surface area (Å²) in [4.78, 5) is 156. The van der Waals surface area contributed by atoms with Gasteiger partial charge < -0.3 is 28.4 Å². The number of Topliss-reactive ketones (excluding diaryl/α,β-unsaturated/α-hetero) is 6. The van der Waals surface area contributed by atoms with Crippen LogP contribution < -0.4 is 0 Å². The first kappa shape index (κ1) is 75.0. The molecule has 20 nitrogen and oxygen atoms in total. The zero-order valence-corrected chi connectivity index (χ0v) is 56.0. The average molecular weight is 1370 g/mol. The predicted octanol–water partition coefficient (Wildman–Crippen LogP) is 11.3. The minimum absolute atomic E-state index is 0. The van der Waals surface area contributed by atoms with Gasteiger partial charge >= 0.3 is 47.8 Å². The van der Waals surface area contributed by atoms with E-state index in [0.717, 1.165) is 47.7 Å². The summed E-state index contributed by atoms with van der Waals surface area (Å²) in [5.41, 5.74) is 4.81. The zero-order chi connectivity index (χ0) is 70.9. The van der Waals surface area contributed by atoms with Crippen LogP contribution in [-0.2, 0) is 95.5 Å². The molecule has 13 aliphatic carbocycles. The van der Waals surface area contributed by atoms with Gasteiger partial charge in [0.15, 0.2) is 0 Å². The van der Waals surface area contributed by atoms with Crippen molar-refractivity contribution in [1.82, 2.24) is 0 Å². The third-order valence-corrected chi connectivity index (χ3v) is 23.3. The summed E-state index contributed by atoms with van der Waals surface area (Å²) in [7, 11) is 0. The Morgan fingerprint density at radius 1 is 0.470 bits per heavy atom. The van der Waals surface area contributed by atoms with Crippen LogP contribution in [0.15, 0.2) is 157 Å². The molecule has 21 atom stereocenters. The Bertz CT molecular complexity index is 3740. The van der Waals surface area contributed by atoms with Crippen LogP contribution in [0.4, 0.5) is 0 Å². The van der Waals surface area contributed by atoms with Crippen LogP contribution in [0.25, 0.3) is 0 Å². The lowest BCUT2D eigenvalue weighted by Crippen LogP contribution is -2.38. The topological polar surface area (TPSA) is 294 Å². The monoisotopic (exact) mass is 1370 g/mol. The number of ether oxygens (including phenoxy) is 6. The summed E-state index contributed by atoms with van der Waals surface area (Å²) in [5.74, 6) is 7.24. The van der Waals surface area contributed by atoms with Crippen LogP contribution in [-0.4, -0.2) is 82.5 Å². The van der Waals surface area contributed by atoms with Gasteiger partial charge in [0, 0.05) is 70.3 Å². The molecule has 6 aliphatic heterocycles. The number of ketones is 6. The van der Waals surface area contributed by atoms with E-state index >= 15 is 0 Å². The molecule has 10 bridgehead atoms. The highest BCUT2D eigenvalue weighted by atomic mass is 16.6. The molecule has 0 amide bonds. The maximum Gasteiger partial charge on any atom is 0.339 e. The van der Waals surface area contributed by atoms with Crippen LogP contribution >= 0.6 is 0 Å². The van der Waals surface area contributed by atoms with Gasteiger partial charge in [0.1, 0.15) is 57.7 Å². The number of fused-ring (bicyclic) bond motifs is 27. The SMILES string of the molecule is C.C.C=C(C)CC1CC(=O)OC1=O.C=C1C=C(C)C(=O)O1.C=C1C=CC(=O)O1.C=C1CC(=C)C(=O)O1.C=C1OC(=O)C(C)=C1C.CC1=CC2CC1C1C(=O)OC(=O)C21.CC1C2C=CC1C1C(=O)CC(=O)C21.O=C1CC(=O)C2C3C=CC(C3)C12.O=C1CC(=O)C2C3CC(C12)C1C2C=CC(C2)C31. The average Bonchev–Trinajstić information content (AvgIpc) is 1.53. The number of carbonyl (C=O) groups excluding carboxylic acids is 14. The lowest BCUT2D eigenvalue weighted by molar-refractivity contribution is -0.155. The van der Waals surface area contributed by atoms with Crippen molar-refractivity contribution in [2.24, 2.45) is 130 Å². The van der Waals surface area contributed by atoms with Crippen LogP contribution in [0.3, 0.4) is 0 Å². The van der Waals surface area contributed by atoms with E-state index in [1.165, 1.54) is 30.6 Å². The number of cyclic esters (lactones) is 8. The Hall–Kier alpha value is -9.20. The first-order chi connectivity index (χ1) is 46.3. The molecule has 100 heavy (non-hydrogen) atoms. The summed E-state index contributed by atoms with van der Waals surface area (Å²) in [5, 5.41) is 0. The van der Waals surface area contributed by atoms with E-state index < -0.39 is 11.9 Å². The molecule has 0 aromatic carbocycles. The summed E-state index contributed by atoms with van der Waals surface area (Å²) >= 11 is 0. The van der Waals surface area contributed by atoms with Crippen molar-refractivity contribution < 1.29 is 95.5 Å². The Morgan fingerprint density at radius 2 is 0.980 bits per heavy atom. The van der Waals surface area contributed by atoms with E-state index in [0.29, 0.717) is 94.0 Å². The Labute approximate surface area is 582 Å². The van der Waals surface area contributed by atoms with Gasteiger partial charge in [0.25, 0.3) is 0 Å². The highest BCUT2D eigenvalue weighted by molar-refractivity contribution is 6.11. The van der Waals surface area contributed by atoms with Gasteiger partial charge in [-0.05, 0) is 156 Å². The minimum atomic E-state index is -0.416. The third kappa shape index (κ3) is 14.3. The highest BCUT2D eigenvalue weighted by Gasteiger charge is 2.69. The van der Waals surface area contributed by atoms with E-state index in [1.54, 1.807) is 19.9 Å². The van der Waals surface area contributed by atoms with E-state index in [4.69, 9.17) is 0 Å². The zero-order valence-electron chi connectivity index (χ0n) is 56.0. The quantitative estimate of drug-likeness (QED) is 0.0619. The molecule has 12 fully saturated rings. The molecule has 0 N–H and O–H groups in total. The Balaban J connectivity index is 0.000000133. The van der Waals surface area contributed by atoms with Gasteiger partial charge in [-0.2, -0.15) is 0 Å². The fourth-order valence-corrected chi connectivity index (χ4v) is 19.1. The molecule has 20 heteroatoms. The van der Waals surface area contributed by atoms with Crippen molar-refractivity contribution in [3.8, 4) is 0 Å². The van der Waals surface area contributed by atoms with Crippen LogP contribution in [0.2, 0.25) is 0 Å². The molecule has 0 radical (unpaired) electrons. The number of esters is 8. The molecule has 21 unspecified atom stereocenters. The summed E-state index contributed by atoms with van der Waals surface area (Å²) in [6.45, 7) is 32.2. The predicted molar refractivity (Wildman–Crippen MR) is 362 cm³/mol. The molecule has 9 saturated carbocycles. The van der Waals surface area contributed by atoms with Crippen molar-refractivity contribution in [3.05, 3.63) is 157 Å². The molecule has 3 saturated heterocycles. The lowest BCUT2D eigenvalue weighted by Gasteiger charge is -2.37. The largest absolute Gasteiger partial charge is 0.428 e. The molecule has 19 rings (SSSR count). The van der Waals surface area contributed by atoms with Gasteiger partial charge in [0.05, 0.1) is 43.4 Å². The fraction of sp³-hybridized carbons (Fsp3) is 0.500. The molecule has 0 aromatic rings. The number of hydrogen-bond donors (Lipinski definition) is 0. The summed E-state index contributed by atoms with van der Waals surface area (Å²) in [6, 6.07) is 0. The first-order valence-electron chi connectivity index (χ1n) is 33.7. The van der Waals surface area contributed by atoms with Crippen molar-refractivity contribution in [2.75, 3.05) is 0 Å². The maximum absolute atomic E-state index is 12.0. The van der Waals surface area contributed by atoms with Gasteiger partial charge in [-0.25, -0.2) is 19.2 Å². The second-order valence-corrected chi connectivity index (χ2v) is 29.2. The van der Waals surface area contributed by atoms with E-state index in [2.05, 4.69) is 117 Å². The summed E-state index contributed by atoms with van der Waals surface area (Å²) < 4.78 is 27.2. The van der Waals surface area contributed by atoms with E-state index in [1.807, 2.05) is 20.8 Å². The number of allylic oxidation sites excluding steroid dienone is 13. The van der Waals surface area contributed by atoms with E-state index in [-0.39, 0.29) is 176 Å². The normalized spacial score (nSPS) is 37.6. The van der Waals surface area contributed by atoms with Crippen molar-refractivity contribution in [3.63, 3.8) is 0 Å². The van der Waals surface area contributed by atoms with Crippen LogP contribution in [0.1, 0.15) is 121 Å². The second-order valence-electron chi connectivity index (χ2n) is 29.2. The van der Waals surface area contributed by atoms with Gasteiger partial charge in [-0.15, -0.1) is 6.58 Å². The van der Waals surface area contributed by atoms with E-state index in [9.17, 15) is 67.1 Å². The molecular formula is C80H90O20. The minimum Gasteiger partial charge on any atom is -0.428 e. The number of carbonyl (C=O) groups is 14. The lowest BCUT2D eigenvalue weighted by atomic mass is 9.65. The number of rotatable bonds is 2. The van der Waals surface area contributed by atoms with Gasteiger partial charge in [-0.3, -0.25) is 47.9 Å². The molecular weight excluding hydrogens is 1280 g/mol. The molecule has 0 spiro atoms. The first-order valence-corrected chi connectivity index (χ1v) is 33.7. The Kier molecular flexibility index (Phi) is 22.2. The molecule has 0 aromatic heterocycles. The smallest absolute Gasteiger partial charge is 0.339 e. The molecule has 6 heterocycles. The van der Waals surface area contributed by atoms with Crippen LogP contribution in [0.5, 0.6) is 0 Å². The van der Waals surface area contributed by atoms with Crippen molar-refractivity contribution in [2.45, 2.75) is 121 Å². The molecule has 19 aliphatic rings. The van der Waals surface area contributed by atoms with Gasteiger partial charge in [-0.1, -0.05) is 108 Å². The van der Waals surface area contributed by atoms with Crippen molar-refractivity contribution >= 4 is 82.5 Å². The standard InChI is InChI=1S/C15H16O2.C11H12O2.C10H10O3.C10H10O2.C8H10O3.C7H8O2.2C6H6O2.C5H4O2.2CH4/c16-10-5-11(17)15-9-4-8(14(10)15)12-6-1-2-7(3-6)13(9)12;1-5-6-2-3-7(5)11-9(13)4-8(12)10(6)11;1-4-2-5-3-6(4)8-7(5)9(11)13-10(8)12;11-7-4-8(12)10-6-2-1-5(3-6)9(7)10;1-5(2)3-6-4-7(9)11-8(6)10;1-4-5(2)7(8)9-6(4)3;2*1-4-3-5(2)8-6(4)7;1-4-2-3-5(6)7-4;;/h1-2,6-9,12-15H,3-5H2;2-3,5-7,10-11H,4H2,1H3;2,5-8H,3H2,1H3;1-2,5-6,9-10H,3-4H2;6H,1,3-4H2,2H3;3H2,1-2H3;3H,2H2,1H3;1-3H2;2-3H,1H2;2*1H4. The fourth-order valence-electron chi connectivity index (χ4n) is 19.1.